The molecule has 3 nitrogen and oxygen atoms in total. The van der Waals surface area contributed by atoms with Crippen LogP contribution in [0.25, 0.3) is 0 Å². The number of hydrogen-bond donors (Lipinski definition) is 0. The number of carbonyl (C=O) groups is 2. The average molecular weight is 199 g/mol. The van der Waals surface area contributed by atoms with Gasteiger partial charge in [-0.15, -0.1) is 11.8 Å². The molecule has 0 radical (unpaired) electrons. The van der Waals surface area contributed by atoms with E-state index in [4.69, 9.17) is 0 Å². The maximum absolute atomic E-state index is 11.5. The van der Waals surface area contributed by atoms with E-state index in [-0.39, 0.29) is 17.1 Å². The van der Waals surface area contributed by atoms with Crippen LogP contribution in [0.1, 0.15) is 25.7 Å². The van der Waals surface area contributed by atoms with Crippen LogP contribution in [-0.2, 0) is 9.59 Å². The molecule has 0 aromatic rings. The SMILES string of the molecule is CN1C(=O)CC(SC2CCC2)C1=O. The van der Waals surface area contributed by atoms with Crippen LogP contribution in [0.3, 0.4) is 0 Å². The van der Waals surface area contributed by atoms with Gasteiger partial charge in [0, 0.05) is 18.7 Å². The number of thioether (sulfide) groups is 1. The standard InChI is InChI=1S/C9H13NO2S/c1-10-8(11)5-7(9(10)12)13-6-3-2-4-6/h6-7H,2-5H2,1H3. The lowest BCUT2D eigenvalue weighted by molar-refractivity contribution is -0.136. The Labute approximate surface area is 81.9 Å². The summed E-state index contributed by atoms with van der Waals surface area (Å²) in [7, 11) is 1.58. The Morgan fingerprint density at radius 2 is 2.08 bits per heavy atom. The first kappa shape index (κ1) is 9.06. The van der Waals surface area contributed by atoms with Gasteiger partial charge in [0.15, 0.2) is 0 Å². The highest BCUT2D eigenvalue weighted by Gasteiger charge is 2.38. The van der Waals surface area contributed by atoms with E-state index in [0.717, 1.165) is 0 Å². The molecular weight excluding hydrogens is 186 g/mol. The maximum atomic E-state index is 11.5. The third kappa shape index (κ3) is 1.59. The summed E-state index contributed by atoms with van der Waals surface area (Å²) in [6.45, 7) is 0. The van der Waals surface area contributed by atoms with E-state index in [9.17, 15) is 9.59 Å². The molecule has 4 heteroatoms. The van der Waals surface area contributed by atoms with E-state index in [1.165, 1.54) is 24.2 Å². The molecule has 0 bridgehead atoms. The molecular formula is C9H13NO2S. The summed E-state index contributed by atoms with van der Waals surface area (Å²) >= 11 is 1.70. The van der Waals surface area contributed by atoms with Crippen LogP contribution in [0.5, 0.6) is 0 Å². The van der Waals surface area contributed by atoms with Crippen molar-refractivity contribution in [2.45, 2.75) is 36.2 Å². The minimum atomic E-state index is -0.0807. The summed E-state index contributed by atoms with van der Waals surface area (Å²) < 4.78 is 0. The van der Waals surface area contributed by atoms with Gasteiger partial charge < -0.3 is 0 Å². The number of rotatable bonds is 2. The minimum absolute atomic E-state index is 0.00176. The summed E-state index contributed by atoms with van der Waals surface area (Å²) in [6, 6.07) is 0. The lowest BCUT2D eigenvalue weighted by atomic mass is 10.00. The minimum Gasteiger partial charge on any atom is -0.285 e. The van der Waals surface area contributed by atoms with Crippen molar-refractivity contribution in [3.05, 3.63) is 0 Å². The van der Waals surface area contributed by atoms with Crippen LogP contribution >= 0.6 is 11.8 Å². The van der Waals surface area contributed by atoms with Gasteiger partial charge in [0.1, 0.15) is 0 Å². The van der Waals surface area contributed by atoms with E-state index in [1.807, 2.05) is 0 Å². The molecule has 2 fully saturated rings. The van der Waals surface area contributed by atoms with Gasteiger partial charge >= 0.3 is 0 Å². The largest absolute Gasteiger partial charge is 0.285 e. The molecule has 1 atom stereocenters. The van der Waals surface area contributed by atoms with Crippen LogP contribution in [0.2, 0.25) is 0 Å². The zero-order valence-electron chi connectivity index (χ0n) is 7.66. The molecule has 1 aliphatic heterocycles. The van der Waals surface area contributed by atoms with Gasteiger partial charge in [0.05, 0.1) is 5.25 Å². The molecule has 1 aliphatic carbocycles. The molecule has 2 aliphatic rings. The first-order valence-electron chi connectivity index (χ1n) is 4.64. The topological polar surface area (TPSA) is 37.4 Å². The number of likely N-dealkylation sites (tertiary alicyclic amines) is 1. The number of carbonyl (C=O) groups excluding carboxylic acids is 2. The normalized spacial score (nSPS) is 29.6. The fraction of sp³-hybridized carbons (Fsp3) is 0.778. The second-order valence-electron chi connectivity index (χ2n) is 3.67. The summed E-state index contributed by atoms with van der Waals surface area (Å²) in [5.74, 6) is -0.0243. The molecule has 1 saturated heterocycles. The molecule has 0 spiro atoms. The Morgan fingerprint density at radius 3 is 2.46 bits per heavy atom. The van der Waals surface area contributed by atoms with Crippen molar-refractivity contribution < 1.29 is 9.59 Å². The second-order valence-corrected chi connectivity index (χ2v) is 5.18. The first-order valence-corrected chi connectivity index (χ1v) is 5.58. The summed E-state index contributed by atoms with van der Waals surface area (Å²) in [5.41, 5.74) is 0. The highest BCUT2D eigenvalue weighted by atomic mass is 32.2. The second kappa shape index (κ2) is 3.33. The molecule has 72 valence electrons. The van der Waals surface area contributed by atoms with Crippen molar-refractivity contribution in [2.24, 2.45) is 0 Å². The highest BCUT2D eigenvalue weighted by molar-refractivity contribution is 8.01. The van der Waals surface area contributed by atoms with Crippen molar-refractivity contribution in [1.29, 1.82) is 0 Å². The smallest absolute Gasteiger partial charge is 0.242 e. The van der Waals surface area contributed by atoms with Gasteiger partial charge in [-0.05, 0) is 12.8 Å². The maximum Gasteiger partial charge on any atom is 0.242 e. The van der Waals surface area contributed by atoms with E-state index in [0.29, 0.717) is 11.7 Å². The van der Waals surface area contributed by atoms with Gasteiger partial charge in [-0.1, -0.05) is 6.42 Å². The molecule has 2 amide bonds. The van der Waals surface area contributed by atoms with Gasteiger partial charge in [0.25, 0.3) is 0 Å². The van der Waals surface area contributed by atoms with Gasteiger partial charge in [-0.25, -0.2) is 0 Å². The monoisotopic (exact) mass is 199 g/mol. The Morgan fingerprint density at radius 1 is 1.38 bits per heavy atom. The lowest BCUT2D eigenvalue weighted by Gasteiger charge is -2.26. The number of hydrogen-bond acceptors (Lipinski definition) is 3. The molecule has 1 unspecified atom stereocenters. The van der Waals surface area contributed by atoms with E-state index >= 15 is 0 Å². The molecule has 2 rings (SSSR count). The van der Waals surface area contributed by atoms with Crippen LogP contribution in [0, 0.1) is 0 Å². The van der Waals surface area contributed by atoms with Crippen LogP contribution in [0.4, 0.5) is 0 Å². The van der Waals surface area contributed by atoms with E-state index in [1.54, 1.807) is 18.8 Å². The number of amides is 2. The van der Waals surface area contributed by atoms with Crippen molar-refractivity contribution in [3.8, 4) is 0 Å². The fourth-order valence-electron chi connectivity index (χ4n) is 1.57. The summed E-state index contributed by atoms with van der Waals surface area (Å²) in [6.07, 6.45) is 4.12. The van der Waals surface area contributed by atoms with Crippen molar-refractivity contribution in [3.63, 3.8) is 0 Å². The highest BCUT2D eigenvalue weighted by Crippen LogP contribution is 2.37. The lowest BCUT2D eigenvalue weighted by Crippen LogP contribution is -2.28. The van der Waals surface area contributed by atoms with Crippen LogP contribution in [0.15, 0.2) is 0 Å². The zero-order valence-corrected chi connectivity index (χ0v) is 8.47. The van der Waals surface area contributed by atoms with E-state index in [2.05, 4.69) is 0 Å². The molecule has 13 heavy (non-hydrogen) atoms. The fourth-order valence-corrected chi connectivity index (χ4v) is 3.15. The predicted octanol–water partition coefficient (Wildman–Crippen LogP) is 1.03. The third-order valence-electron chi connectivity index (χ3n) is 2.75. The van der Waals surface area contributed by atoms with Gasteiger partial charge in [-0.3, -0.25) is 14.5 Å². The Hall–Kier alpha value is -0.510. The van der Waals surface area contributed by atoms with Crippen molar-refractivity contribution >= 4 is 23.6 Å². The Bertz CT molecular complexity index is 250. The zero-order chi connectivity index (χ0) is 9.42. The summed E-state index contributed by atoms with van der Waals surface area (Å²) in [4.78, 5) is 23.9. The first-order chi connectivity index (χ1) is 6.18. The van der Waals surface area contributed by atoms with Crippen molar-refractivity contribution in [1.82, 2.24) is 4.90 Å². The predicted molar refractivity (Wildman–Crippen MR) is 51.4 cm³/mol. The molecule has 0 aromatic heterocycles. The quantitative estimate of drug-likeness (QED) is 0.623. The van der Waals surface area contributed by atoms with Gasteiger partial charge in [-0.2, -0.15) is 0 Å². The third-order valence-corrected chi connectivity index (χ3v) is 4.30. The Kier molecular flexibility index (Phi) is 2.32. The molecule has 1 saturated carbocycles. The van der Waals surface area contributed by atoms with Gasteiger partial charge in [0.2, 0.25) is 11.8 Å². The molecule has 0 aromatic carbocycles. The van der Waals surface area contributed by atoms with E-state index < -0.39 is 0 Å². The Balaban J connectivity index is 1.93. The average Bonchev–Trinajstić information content (AvgIpc) is 2.26. The number of nitrogens with zero attached hydrogens (tertiary/aromatic N) is 1. The van der Waals surface area contributed by atoms with Crippen molar-refractivity contribution in [2.75, 3.05) is 7.05 Å². The molecule has 0 N–H and O–H groups in total. The summed E-state index contributed by atoms with van der Waals surface area (Å²) in [5, 5.41) is 0.552. The van der Waals surface area contributed by atoms with Crippen LogP contribution < -0.4 is 0 Å². The molecule has 1 heterocycles. The number of imide groups is 1. The van der Waals surface area contributed by atoms with Crippen LogP contribution in [-0.4, -0.2) is 34.3 Å².